The van der Waals surface area contributed by atoms with E-state index in [1.165, 1.54) is 0 Å². The van der Waals surface area contributed by atoms with Gasteiger partial charge in [0.2, 0.25) is 0 Å². The van der Waals surface area contributed by atoms with Crippen molar-refractivity contribution in [2.45, 2.75) is 26.2 Å². The minimum absolute atomic E-state index is 0.293. The van der Waals surface area contributed by atoms with Gasteiger partial charge in [-0.15, -0.1) is 0 Å². The first-order valence-corrected chi connectivity index (χ1v) is 3.97. The first kappa shape index (κ1) is 10.9. The van der Waals surface area contributed by atoms with Gasteiger partial charge in [0.15, 0.2) is 0 Å². The number of methoxy groups -OCH3 is 1. The number of hydrogen-bond acceptors (Lipinski definition) is 4. The highest BCUT2D eigenvalue weighted by Crippen LogP contribution is 1.94. The van der Waals surface area contributed by atoms with Crippen molar-refractivity contribution in [1.29, 1.82) is 0 Å². The molecule has 0 aliphatic carbocycles. The van der Waals surface area contributed by atoms with Crippen LogP contribution in [0.25, 0.3) is 0 Å². The minimum Gasteiger partial charge on any atom is -0.461 e. The van der Waals surface area contributed by atoms with Crippen LogP contribution in [-0.2, 0) is 19.1 Å². The molecular weight excluding hydrogens is 160 g/mol. The van der Waals surface area contributed by atoms with Gasteiger partial charge < -0.3 is 9.47 Å². The molecule has 0 aliphatic rings. The number of esters is 2. The van der Waals surface area contributed by atoms with Crippen LogP contribution in [0.2, 0.25) is 0 Å². The zero-order chi connectivity index (χ0) is 9.40. The second-order valence-corrected chi connectivity index (χ2v) is 2.33. The molecule has 0 rings (SSSR count). The summed E-state index contributed by atoms with van der Waals surface area (Å²) in [7, 11) is 1.15. The second kappa shape index (κ2) is 6.64. The van der Waals surface area contributed by atoms with Crippen molar-refractivity contribution < 1.29 is 19.1 Å². The molecule has 12 heavy (non-hydrogen) atoms. The van der Waals surface area contributed by atoms with Crippen molar-refractivity contribution in [3.63, 3.8) is 0 Å². The molecule has 0 unspecified atom stereocenters. The molecule has 4 nitrogen and oxygen atoms in total. The summed E-state index contributed by atoms with van der Waals surface area (Å²) in [5.41, 5.74) is 0. The normalized spacial score (nSPS) is 9.17. The van der Waals surface area contributed by atoms with Crippen LogP contribution in [0.1, 0.15) is 26.2 Å². The highest BCUT2D eigenvalue weighted by molar-refractivity contribution is 6.29. The van der Waals surface area contributed by atoms with Crippen LogP contribution in [0.3, 0.4) is 0 Å². The Labute approximate surface area is 71.8 Å². The van der Waals surface area contributed by atoms with Gasteiger partial charge in [-0.25, -0.2) is 9.59 Å². The van der Waals surface area contributed by atoms with E-state index in [0.717, 1.165) is 26.4 Å². The van der Waals surface area contributed by atoms with E-state index in [0.29, 0.717) is 6.61 Å². The van der Waals surface area contributed by atoms with Crippen LogP contribution in [0.4, 0.5) is 0 Å². The van der Waals surface area contributed by atoms with Gasteiger partial charge in [-0.3, -0.25) is 0 Å². The second-order valence-electron chi connectivity index (χ2n) is 2.33. The minimum atomic E-state index is -0.938. The number of carbonyl (C=O) groups is 2. The Bertz CT molecular complexity index is 153. The Morgan fingerprint density at radius 3 is 2.33 bits per heavy atom. The van der Waals surface area contributed by atoms with Crippen molar-refractivity contribution >= 4 is 11.9 Å². The van der Waals surface area contributed by atoms with Gasteiger partial charge in [0.1, 0.15) is 0 Å². The van der Waals surface area contributed by atoms with E-state index >= 15 is 0 Å². The highest BCUT2D eigenvalue weighted by Gasteiger charge is 2.14. The summed E-state index contributed by atoms with van der Waals surface area (Å²) >= 11 is 0. The average Bonchev–Trinajstić information content (AvgIpc) is 2.10. The summed E-state index contributed by atoms with van der Waals surface area (Å²) in [4.78, 5) is 21.1. The number of carbonyl (C=O) groups excluding carboxylic acids is 2. The van der Waals surface area contributed by atoms with Crippen LogP contribution in [0.15, 0.2) is 0 Å². The van der Waals surface area contributed by atoms with Gasteiger partial charge in [0, 0.05) is 0 Å². The molecular formula is C8H14O4. The molecule has 0 amide bonds. The lowest BCUT2D eigenvalue weighted by atomic mass is 10.3. The summed E-state index contributed by atoms with van der Waals surface area (Å²) in [6.07, 6.45) is 2.84. The van der Waals surface area contributed by atoms with Crippen molar-refractivity contribution in [1.82, 2.24) is 0 Å². The fraction of sp³-hybridized carbons (Fsp3) is 0.750. The molecule has 0 spiro atoms. The molecule has 0 saturated heterocycles. The molecule has 0 aromatic heterocycles. The van der Waals surface area contributed by atoms with E-state index in [2.05, 4.69) is 9.47 Å². The summed E-state index contributed by atoms with van der Waals surface area (Å²) in [6, 6.07) is 0. The summed E-state index contributed by atoms with van der Waals surface area (Å²) in [5.74, 6) is -1.85. The maximum atomic E-state index is 10.6. The maximum absolute atomic E-state index is 10.6. The van der Waals surface area contributed by atoms with Crippen LogP contribution in [0, 0.1) is 0 Å². The van der Waals surface area contributed by atoms with Crippen molar-refractivity contribution in [3.05, 3.63) is 0 Å². The number of unbranched alkanes of at least 4 members (excludes halogenated alkanes) is 2. The molecule has 0 heterocycles. The Kier molecular flexibility index (Phi) is 6.05. The molecule has 0 aromatic rings. The summed E-state index contributed by atoms with van der Waals surface area (Å²) < 4.78 is 8.74. The number of hydrogen-bond donors (Lipinski definition) is 0. The predicted molar refractivity (Wildman–Crippen MR) is 42.5 cm³/mol. The molecule has 0 saturated carbocycles. The zero-order valence-corrected chi connectivity index (χ0v) is 7.46. The molecule has 0 N–H and O–H groups in total. The van der Waals surface area contributed by atoms with Crippen molar-refractivity contribution in [2.75, 3.05) is 13.7 Å². The Morgan fingerprint density at radius 1 is 1.17 bits per heavy atom. The van der Waals surface area contributed by atoms with Crippen LogP contribution >= 0.6 is 0 Å². The van der Waals surface area contributed by atoms with Crippen LogP contribution in [0.5, 0.6) is 0 Å². The largest absolute Gasteiger partial charge is 0.461 e. The van der Waals surface area contributed by atoms with Gasteiger partial charge in [0.25, 0.3) is 0 Å². The number of ether oxygens (including phenoxy) is 2. The third-order valence-corrected chi connectivity index (χ3v) is 1.33. The lowest BCUT2D eigenvalue weighted by molar-refractivity contribution is -0.165. The average molecular weight is 174 g/mol. The molecule has 0 fully saturated rings. The van der Waals surface area contributed by atoms with Crippen LogP contribution < -0.4 is 0 Å². The quantitative estimate of drug-likeness (QED) is 0.361. The molecule has 0 aromatic carbocycles. The van der Waals surface area contributed by atoms with E-state index in [9.17, 15) is 9.59 Å². The Balaban J connectivity index is 3.38. The van der Waals surface area contributed by atoms with Gasteiger partial charge in [-0.2, -0.15) is 0 Å². The topological polar surface area (TPSA) is 52.6 Å². The summed E-state index contributed by atoms with van der Waals surface area (Å²) in [6.45, 7) is 2.34. The van der Waals surface area contributed by atoms with E-state index in [4.69, 9.17) is 0 Å². The van der Waals surface area contributed by atoms with Gasteiger partial charge >= 0.3 is 11.9 Å². The Hall–Kier alpha value is -1.06. The standard InChI is InChI=1S/C8H14O4/c1-3-4-5-6-12-8(10)7(9)11-2/h3-6H2,1-2H3. The van der Waals surface area contributed by atoms with Gasteiger partial charge in [0.05, 0.1) is 13.7 Å². The van der Waals surface area contributed by atoms with Crippen molar-refractivity contribution in [2.24, 2.45) is 0 Å². The molecule has 0 bridgehead atoms. The molecule has 0 aliphatic heterocycles. The lowest BCUT2D eigenvalue weighted by Crippen LogP contribution is -2.19. The predicted octanol–water partition coefficient (Wildman–Crippen LogP) is 0.893. The third-order valence-electron chi connectivity index (χ3n) is 1.33. The van der Waals surface area contributed by atoms with E-state index < -0.39 is 11.9 Å². The molecule has 4 heteroatoms. The van der Waals surface area contributed by atoms with E-state index in [1.54, 1.807) is 0 Å². The first-order valence-electron chi connectivity index (χ1n) is 3.97. The fourth-order valence-corrected chi connectivity index (χ4v) is 0.659. The van der Waals surface area contributed by atoms with E-state index in [-0.39, 0.29) is 0 Å². The van der Waals surface area contributed by atoms with Gasteiger partial charge in [-0.05, 0) is 6.42 Å². The first-order chi connectivity index (χ1) is 5.72. The molecule has 70 valence electrons. The lowest BCUT2D eigenvalue weighted by Gasteiger charge is -2.01. The third kappa shape index (κ3) is 4.71. The smallest absolute Gasteiger partial charge is 0.417 e. The number of rotatable bonds is 4. The summed E-state index contributed by atoms with van der Waals surface area (Å²) in [5, 5.41) is 0. The maximum Gasteiger partial charge on any atom is 0.417 e. The monoisotopic (exact) mass is 174 g/mol. The van der Waals surface area contributed by atoms with E-state index in [1.807, 2.05) is 6.92 Å². The van der Waals surface area contributed by atoms with Gasteiger partial charge in [-0.1, -0.05) is 19.8 Å². The zero-order valence-electron chi connectivity index (χ0n) is 7.46. The van der Waals surface area contributed by atoms with Crippen LogP contribution in [-0.4, -0.2) is 25.7 Å². The highest BCUT2D eigenvalue weighted by atomic mass is 16.6. The van der Waals surface area contributed by atoms with Crippen molar-refractivity contribution in [3.8, 4) is 0 Å². The fourth-order valence-electron chi connectivity index (χ4n) is 0.659. The molecule has 0 atom stereocenters. The molecule has 0 radical (unpaired) electrons. The Morgan fingerprint density at radius 2 is 1.83 bits per heavy atom. The SMILES string of the molecule is CCCCCOC(=O)C(=O)OC.